The van der Waals surface area contributed by atoms with Gasteiger partial charge in [-0.05, 0) is 31.4 Å². The molecule has 2 N–H and O–H groups in total. The molecule has 0 spiro atoms. The minimum atomic E-state index is -0.800. The zero-order chi connectivity index (χ0) is 15.4. The second-order valence-corrected chi connectivity index (χ2v) is 5.06. The number of ether oxygens (including phenoxy) is 2. The van der Waals surface area contributed by atoms with Crippen molar-refractivity contribution in [3.63, 3.8) is 0 Å². The number of carboxylic acid groups (broad SMARTS) is 1. The highest BCUT2D eigenvalue weighted by Crippen LogP contribution is 2.31. The molecule has 0 heterocycles. The van der Waals surface area contributed by atoms with Crippen molar-refractivity contribution < 1.29 is 24.2 Å². The fourth-order valence-corrected chi connectivity index (χ4v) is 2.67. The Bertz CT molecular complexity index is 543. The van der Waals surface area contributed by atoms with E-state index in [2.05, 4.69) is 5.32 Å². The second kappa shape index (κ2) is 6.47. The molecule has 0 radical (unpaired) electrons. The lowest BCUT2D eigenvalue weighted by molar-refractivity contribution is -0.141. The van der Waals surface area contributed by atoms with Crippen molar-refractivity contribution in [1.82, 2.24) is 5.32 Å². The Hall–Kier alpha value is -2.24. The van der Waals surface area contributed by atoms with Gasteiger partial charge in [-0.15, -0.1) is 0 Å². The summed E-state index contributed by atoms with van der Waals surface area (Å²) in [6, 6.07) is 4.96. The van der Waals surface area contributed by atoms with Crippen LogP contribution < -0.4 is 14.8 Å². The van der Waals surface area contributed by atoms with Gasteiger partial charge in [0.2, 0.25) is 0 Å². The zero-order valence-electron chi connectivity index (χ0n) is 12.1. The molecule has 1 saturated carbocycles. The Morgan fingerprint density at radius 1 is 1.24 bits per heavy atom. The molecule has 2 unspecified atom stereocenters. The average Bonchev–Trinajstić information content (AvgIpc) is 2.94. The number of para-hydroxylation sites is 1. The number of nitrogens with one attached hydrogen (secondary N) is 1. The standard InChI is InChI=1S/C15H19NO5/c1-20-12-5-3-4-11(13(12)21-2)14(17)16-10-7-6-9(8-10)15(18)19/h3-5,9-10H,6-8H2,1-2H3,(H,16,17)(H,18,19). The first-order valence-electron chi connectivity index (χ1n) is 6.81. The molecular formula is C15H19NO5. The monoisotopic (exact) mass is 293 g/mol. The van der Waals surface area contributed by atoms with Gasteiger partial charge < -0.3 is 19.9 Å². The Balaban J connectivity index is 2.09. The van der Waals surface area contributed by atoms with Crippen LogP contribution >= 0.6 is 0 Å². The summed E-state index contributed by atoms with van der Waals surface area (Å²) in [6.45, 7) is 0. The highest BCUT2D eigenvalue weighted by molar-refractivity contribution is 5.98. The third kappa shape index (κ3) is 3.26. The highest BCUT2D eigenvalue weighted by Gasteiger charge is 2.31. The second-order valence-electron chi connectivity index (χ2n) is 5.06. The molecule has 6 nitrogen and oxygen atoms in total. The molecule has 21 heavy (non-hydrogen) atoms. The van der Waals surface area contributed by atoms with E-state index in [0.717, 1.165) is 0 Å². The first-order valence-corrected chi connectivity index (χ1v) is 6.81. The summed E-state index contributed by atoms with van der Waals surface area (Å²) in [6.07, 6.45) is 1.73. The predicted molar refractivity (Wildman–Crippen MR) is 75.8 cm³/mol. The Morgan fingerprint density at radius 2 is 2.00 bits per heavy atom. The van der Waals surface area contributed by atoms with Crippen LogP contribution in [0.25, 0.3) is 0 Å². The number of rotatable bonds is 5. The van der Waals surface area contributed by atoms with E-state index < -0.39 is 5.97 Å². The summed E-state index contributed by atoms with van der Waals surface area (Å²) in [5, 5.41) is 11.9. The lowest BCUT2D eigenvalue weighted by atomic mass is 10.1. The molecule has 1 aromatic rings. The van der Waals surface area contributed by atoms with E-state index in [1.54, 1.807) is 18.2 Å². The van der Waals surface area contributed by atoms with Crippen LogP contribution in [0.3, 0.4) is 0 Å². The largest absolute Gasteiger partial charge is 0.493 e. The molecule has 1 aliphatic carbocycles. The van der Waals surface area contributed by atoms with Gasteiger partial charge in [-0.1, -0.05) is 6.07 Å². The summed E-state index contributed by atoms with van der Waals surface area (Å²) >= 11 is 0. The number of carboxylic acids is 1. The van der Waals surface area contributed by atoms with Crippen molar-refractivity contribution >= 4 is 11.9 Å². The Labute approximate surface area is 123 Å². The molecule has 0 bridgehead atoms. The van der Waals surface area contributed by atoms with Crippen LogP contribution in [-0.4, -0.2) is 37.2 Å². The fraction of sp³-hybridized carbons (Fsp3) is 0.467. The molecule has 0 aliphatic heterocycles. The van der Waals surface area contributed by atoms with Crippen LogP contribution in [0.4, 0.5) is 0 Å². The third-order valence-electron chi connectivity index (χ3n) is 3.76. The number of hydrogen-bond donors (Lipinski definition) is 2. The number of carbonyl (C=O) groups is 2. The van der Waals surface area contributed by atoms with Gasteiger partial charge in [0.1, 0.15) is 0 Å². The van der Waals surface area contributed by atoms with Crippen LogP contribution in [0.2, 0.25) is 0 Å². The van der Waals surface area contributed by atoms with Gasteiger partial charge in [0.15, 0.2) is 11.5 Å². The van der Waals surface area contributed by atoms with Crippen molar-refractivity contribution in [3.05, 3.63) is 23.8 Å². The van der Waals surface area contributed by atoms with Gasteiger partial charge in [0, 0.05) is 6.04 Å². The summed E-state index contributed by atoms with van der Waals surface area (Å²) in [7, 11) is 2.98. The van der Waals surface area contributed by atoms with E-state index in [0.29, 0.717) is 36.3 Å². The molecule has 2 atom stereocenters. The van der Waals surface area contributed by atoms with Gasteiger partial charge in [-0.3, -0.25) is 9.59 Å². The van der Waals surface area contributed by atoms with Gasteiger partial charge in [-0.2, -0.15) is 0 Å². The minimum absolute atomic E-state index is 0.116. The van der Waals surface area contributed by atoms with E-state index in [1.165, 1.54) is 14.2 Å². The molecule has 0 saturated heterocycles. The minimum Gasteiger partial charge on any atom is -0.493 e. The van der Waals surface area contributed by atoms with Crippen molar-refractivity contribution in [2.45, 2.75) is 25.3 Å². The summed E-state index contributed by atoms with van der Waals surface area (Å²) in [4.78, 5) is 23.3. The number of hydrogen-bond acceptors (Lipinski definition) is 4. The molecular weight excluding hydrogens is 274 g/mol. The quantitative estimate of drug-likeness (QED) is 0.863. The number of aliphatic carboxylic acids is 1. The van der Waals surface area contributed by atoms with E-state index in [9.17, 15) is 9.59 Å². The number of methoxy groups -OCH3 is 2. The topological polar surface area (TPSA) is 84.9 Å². The van der Waals surface area contributed by atoms with Crippen molar-refractivity contribution in [3.8, 4) is 11.5 Å². The summed E-state index contributed by atoms with van der Waals surface area (Å²) in [5.74, 6) is -0.583. The fourth-order valence-electron chi connectivity index (χ4n) is 2.67. The lowest BCUT2D eigenvalue weighted by Crippen LogP contribution is -2.33. The van der Waals surface area contributed by atoms with Gasteiger partial charge in [0.05, 0.1) is 25.7 Å². The van der Waals surface area contributed by atoms with E-state index >= 15 is 0 Å². The van der Waals surface area contributed by atoms with Gasteiger partial charge >= 0.3 is 5.97 Å². The smallest absolute Gasteiger partial charge is 0.306 e. The van der Waals surface area contributed by atoms with Crippen molar-refractivity contribution in [2.24, 2.45) is 5.92 Å². The maximum atomic E-state index is 12.3. The first-order chi connectivity index (χ1) is 10.1. The predicted octanol–water partition coefficient (Wildman–Crippen LogP) is 1.69. The molecule has 114 valence electrons. The molecule has 1 aliphatic rings. The first kappa shape index (κ1) is 15.2. The van der Waals surface area contributed by atoms with Crippen LogP contribution in [0.15, 0.2) is 18.2 Å². The molecule has 1 aromatic carbocycles. The van der Waals surface area contributed by atoms with Crippen LogP contribution in [0.1, 0.15) is 29.6 Å². The van der Waals surface area contributed by atoms with E-state index in [1.807, 2.05) is 0 Å². The Kier molecular flexibility index (Phi) is 4.67. The molecule has 1 amide bonds. The Morgan fingerprint density at radius 3 is 2.57 bits per heavy atom. The van der Waals surface area contributed by atoms with Crippen LogP contribution in [-0.2, 0) is 4.79 Å². The van der Waals surface area contributed by atoms with E-state index in [-0.39, 0.29) is 17.9 Å². The zero-order valence-corrected chi connectivity index (χ0v) is 12.1. The maximum absolute atomic E-state index is 12.3. The lowest BCUT2D eigenvalue weighted by Gasteiger charge is -2.15. The summed E-state index contributed by atoms with van der Waals surface area (Å²) < 4.78 is 10.4. The van der Waals surface area contributed by atoms with E-state index in [4.69, 9.17) is 14.6 Å². The molecule has 1 fully saturated rings. The number of carbonyl (C=O) groups excluding carboxylic acids is 1. The van der Waals surface area contributed by atoms with Crippen LogP contribution in [0, 0.1) is 5.92 Å². The van der Waals surface area contributed by atoms with Crippen molar-refractivity contribution in [2.75, 3.05) is 14.2 Å². The molecule has 0 aromatic heterocycles. The summed E-state index contributed by atoms with van der Waals surface area (Å²) in [5.41, 5.74) is 0.385. The molecule has 2 rings (SSSR count). The van der Waals surface area contributed by atoms with Crippen LogP contribution in [0.5, 0.6) is 11.5 Å². The normalized spacial score (nSPS) is 20.9. The SMILES string of the molecule is COc1cccc(C(=O)NC2CCC(C(=O)O)C2)c1OC. The van der Waals surface area contributed by atoms with Crippen molar-refractivity contribution in [1.29, 1.82) is 0 Å². The maximum Gasteiger partial charge on any atom is 0.306 e. The van der Waals surface area contributed by atoms with Gasteiger partial charge in [0.25, 0.3) is 5.91 Å². The molecule has 6 heteroatoms. The highest BCUT2D eigenvalue weighted by atomic mass is 16.5. The number of amides is 1. The third-order valence-corrected chi connectivity index (χ3v) is 3.76. The average molecular weight is 293 g/mol. The number of benzene rings is 1. The van der Waals surface area contributed by atoms with Gasteiger partial charge in [-0.25, -0.2) is 0 Å².